The Morgan fingerprint density at radius 3 is 2.57 bits per heavy atom. The number of thiophene rings is 1. The minimum Gasteiger partial charge on any atom is -0.324 e. The van der Waals surface area contributed by atoms with Crippen LogP contribution in [0.5, 0.6) is 0 Å². The molecule has 0 bridgehead atoms. The zero-order valence-corrected chi connectivity index (χ0v) is 14.0. The summed E-state index contributed by atoms with van der Waals surface area (Å²) in [5, 5.41) is 2.09. The fourth-order valence-electron chi connectivity index (χ4n) is 2.73. The molecule has 1 unspecified atom stereocenters. The molecule has 0 amide bonds. The van der Waals surface area contributed by atoms with Gasteiger partial charge in [0, 0.05) is 12.2 Å². The first-order valence-electron chi connectivity index (χ1n) is 8.40. The lowest BCUT2D eigenvalue weighted by atomic mass is 10.0. The van der Waals surface area contributed by atoms with Gasteiger partial charge in [-0.2, -0.15) is 0 Å². The van der Waals surface area contributed by atoms with E-state index in [9.17, 15) is 0 Å². The molecule has 2 rings (SSSR count). The molecule has 2 nitrogen and oxygen atoms in total. The summed E-state index contributed by atoms with van der Waals surface area (Å²) in [6, 6.07) is 4.42. The molecular formula is C18H28N2S. The van der Waals surface area contributed by atoms with Crippen molar-refractivity contribution in [2.45, 2.75) is 70.8 Å². The number of aromatic nitrogens is 1. The Balaban J connectivity index is 1.64. The lowest BCUT2D eigenvalue weighted by Crippen LogP contribution is -2.10. The van der Waals surface area contributed by atoms with E-state index in [1.54, 1.807) is 11.3 Å². The van der Waals surface area contributed by atoms with Crippen LogP contribution in [0, 0.1) is 0 Å². The Hall–Kier alpha value is -0.930. The maximum atomic E-state index is 6.30. The SMILES string of the molecule is CCCCCCCCCCC(N)c1cnc2ccsc2c1. The van der Waals surface area contributed by atoms with Crippen molar-refractivity contribution in [2.24, 2.45) is 5.73 Å². The van der Waals surface area contributed by atoms with Gasteiger partial charge in [-0.3, -0.25) is 4.98 Å². The molecule has 1 atom stereocenters. The number of hydrogen-bond acceptors (Lipinski definition) is 3. The Kier molecular flexibility index (Phi) is 7.17. The summed E-state index contributed by atoms with van der Waals surface area (Å²) < 4.78 is 1.25. The lowest BCUT2D eigenvalue weighted by molar-refractivity contribution is 0.536. The topological polar surface area (TPSA) is 38.9 Å². The van der Waals surface area contributed by atoms with Crippen LogP contribution in [0.2, 0.25) is 0 Å². The van der Waals surface area contributed by atoms with Crippen molar-refractivity contribution in [3.05, 3.63) is 29.3 Å². The summed E-state index contributed by atoms with van der Waals surface area (Å²) in [5.41, 5.74) is 8.57. The Morgan fingerprint density at radius 1 is 1.10 bits per heavy atom. The van der Waals surface area contributed by atoms with Gasteiger partial charge >= 0.3 is 0 Å². The van der Waals surface area contributed by atoms with Crippen LogP contribution in [0.15, 0.2) is 23.7 Å². The third-order valence-electron chi connectivity index (χ3n) is 4.12. The van der Waals surface area contributed by atoms with E-state index >= 15 is 0 Å². The zero-order chi connectivity index (χ0) is 14.9. The van der Waals surface area contributed by atoms with E-state index in [4.69, 9.17) is 5.73 Å². The summed E-state index contributed by atoms with van der Waals surface area (Å²) in [5.74, 6) is 0. The first kappa shape index (κ1) is 16.4. The van der Waals surface area contributed by atoms with Gasteiger partial charge in [-0.25, -0.2) is 0 Å². The van der Waals surface area contributed by atoms with Crippen LogP contribution in [-0.4, -0.2) is 4.98 Å². The second-order valence-electron chi connectivity index (χ2n) is 5.94. The fourth-order valence-corrected chi connectivity index (χ4v) is 3.52. The molecule has 0 aromatic carbocycles. The summed E-state index contributed by atoms with van der Waals surface area (Å²) in [6.07, 6.45) is 13.8. The quantitative estimate of drug-likeness (QED) is 0.561. The van der Waals surface area contributed by atoms with E-state index in [2.05, 4.69) is 29.4 Å². The molecule has 0 radical (unpaired) electrons. The van der Waals surface area contributed by atoms with Crippen molar-refractivity contribution in [3.8, 4) is 0 Å². The van der Waals surface area contributed by atoms with E-state index in [0.29, 0.717) is 0 Å². The molecule has 21 heavy (non-hydrogen) atoms. The highest BCUT2D eigenvalue weighted by atomic mass is 32.1. The molecule has 0 spiro atoms. The third kappa shape index (κ3) is 5.40. The lowest BCUT2D eigenvalue weighted by Gasteiger charge is -2.11. The van der Waals surface area contributed by atoms with Crippen LogP contribution < -0.4 is 5.73 Å². The van der Waals surface area contributed by atoms with Crippen molar-refractivity contribution < 1.29 is 0 Å². The van der Waals surface area contributed by atoms with Crippen molar-refractivity contribution in [1.82, 2.24) is 4.98 Å². The zero-order valence-electron chi connectivity index (χ0n) is 13.2. The summed E-state index contributed by atoms with van der Waals surface area (Å²) in [6.45, 7) is 2.27. The van der Waals surface area contributed by atoms with Gasteiger partial charge in [0.05, 0.1) is 10.2 Å². The van der Waals surface area contributed by atoms with Gasteiger partial charge < -0.3 is 5.73 Å². The van der Waals surface area contributed by atoms with E-state index in [1.165, 1.54) is 61.6 Å². The highest BCUT2D eigenvalue weighted by Gasteiger charge is 2.07. The Morgan fingerprint density at radius 2 is 1.81 bits per heavy atom. The van der Waals surface area contributed by atoms with Gasteiger partial charge in [0.2, 0.25) is 0 Å². The normalized spacial score (nSPS) is 12.9. The van der Waals surface area contributed by atoms with Gasteiger partial charge in [-0.05, 0) is 29.5 Å². The number of hydrogen-bond donors (Lipinski definition) is 1. The van der Waals surface area contributed by atoms with Gasteiger partial charge in [-0.15, -0.1) is 11.3 Å². The van der Waals surface area contributed by atoms with Crippen LogP contribution in [-0.2, 0) is 0 Å². The number of pyridine rings is 1. The minimum absolute atomic E-state index is 0.143. The van der Waals surface area contributed by atoms with Crippen molar-refractivity contribution in [1.29, 1.82) is 0 Å². The van der Waals surface area contributed by atoms with Crippen LogP contribution in [0.1, 0.15) is 76.3 Å². The highest BCUT2D eigenvalue weighted by Crippen LogP contribution is 2.24. The Bertz CT molecular complexity index is 521. The molecule has 3 heteroatoms. The van der Waals surface area contributed by atoms with Crippen LogP contribution in [0.3, 0.4) is 0 Å². The standard InChI is InChI=1S/C18H28N2S/c1-2-3-4-5-6-7-8-9-10-16(19)15-13-18-17(20-14-15)11-12-21-18/h11-14,16H,2-10,19H2,1H3. The van der Waals surface area contributed by atoms with Crippen LogP contribution in [0.25, 0.3) is 10.2 Å². The largest absolute Gasteiger partial charge is 0.324 e. The number of rotatable bonds is 10. The molecule has 0 saturated carbocycles. The second kappa shape index (κ2) is 9.16. The molecule has 0 aliphatic carbocycles. The van der Waals surface area contributed by atoms with E-state index in [-0.39, 0.29) is 6.04 Å². The van der Waals surface area contributed by atoms with Crippen LogP contribution >= 0.6 is 11.3 Å². The maximum absolute atomic E-state index is 6.30. The molecule has 2 N–H and O–H groups in total. The second-order valence-corrected chi connectivity index (χ2v) is 6.89. The minimum atomic E-state index is 0.143. The predicted molar refractivity (Wildman–Crippen MR) is 93.8 cm³/mol. The number of nitrogens with two attached hydrogens (primary N) is 1. The molecule has 2 aromatic heterocycles. The summed E-state index contributed by atoms with van der Waals surface area (Å²) in [7, 11) is 0. The summed E-state index contributed by atoms with van der Waals surface area (Å²) >= 11 is 1.74. The fraction of sp³-hybridized carbons (Fsp3) is 0.611. The van der Waals surface area contributed by atoms with E-state index in [0.717, 1.165) is 11.9 Å². The van der Waals surface area contributed by atoms with Gasteiger partial charge in [-0.1, -0.05) is 58.3 Å². The summed E-state index contributed by atoms with van der Waals surface area (Å²) in [4.78, 5) is 4.48. The first-order chi connectivity index (χ1) is 10.3. The first-order valence-corrected chi connectivity index (χ1v) is 9.28. The number of nitrogens with zero attached hydrogens (tertiary/aromatic N) is 1. The number of fused-ring (bicyclic) bond motifs is 1. The molecule has 0 aliphatic rings. The van der Waals surface area contributed by atoms with Crippen LogP contribution in [0.4, 0.5) is 0 Å². The third-order valence-corrected chi connectivity index (χ3v) is 4.97. The Labute approximate surface area is 132 Å². The van der Waals surface area contributed by atoms with E-state index < -0.39 is 0 Å². The monoisotopic (exact) mass is 304 g/mol. The predicted octanol–water partition coefficient (Wildman–Crippen LogP) is 5.83. The van der Waals surface area contributed by atoms with Crippen molar-refractivity contribution in [3.63, 3.8) is 0 Å². The molecule has 0 fully saturated rings. The van der Waals surface area contributed by atoms with Crippen molar-refractivity contribution in [2.75, 3.05) is 0 Å². The molecule has 2 aromatic rings. The van der Waals surface area contributed by atoms with Gasteiger partial charge in [0.1, 0.15) is 0 Å². The molecule has 0 aliphatic heterocycles. The van der Waals surface area contributed by atoms with Crippen molar-refractivity contribution >= 4 is 21.6 Å². The van der Waals surface area contributed by atoms with E-state index in [1.807, 2.05) is 6.20 Å². The molecule has 0 saturated heterocycles. The van der Waals surface area contributed by atoms with Gasteiger partial charge in [0.25, 0.3) is 0 Å². The average Bonchev–Trinajstić information content (AvgIpc) is 2.97. The maximum Gasteiger partial charge on any atom is 0.0809 e. The molecule has 2 heterocycles. The van der Waals surface area contributed by atoms with Gasteiger partial charge in [0.15, 0.2) is 0 Å². The smallest absolute Gasteiger partial charge is 0.0809 e. The average molecular weight is 305 g/mol. The number of unbranched alkanes of at least 4 members (excludes halogenated alkanes) is 7. The molecular weight excluding hydrogens is 276 g/mol. The molecule has 116 valence electrons. The highest BCUT2D eigenvalue weighted by molar-refractivity contribution is 7.17.